The third kappa shape index (κ3) is 7.04. The van der Waals surface area contributed by atoms with Crippen LogP contribution < -0.4 is 0 Å². The van der Waals surface area contributed by atoms with Gasteiger partial charge in [0.05, 0.1) is 5.56 Å². The summed E-state index contributed by atoms with van der Waals surface area (Å²) in [6, 6.07) is 7.72. The van der Waals surface area contributed by atoms with Crippen LogP contribution in [0.5, 0.6) is 0 Å². The van der Waals surface area contributed by atoms with Crippen LogP contribution in [-0.4, -0.2) is 12.1 Å². The Bertz CT molecular complexity index is 587. The molecule has 1 aromatic carbocycles. The van der Waals surface area contributed by atoms with Crippen LogP contribution in [0.25, 0.3) is 0 Å². The van der Waals surface area contributed by atoms with Gasteiger partial charge < -0.3 is 4.74 Å². The van der Waals surface area contributed by atoms with Crippen LogP contribution in [0, 0.1) is 17.8 Å². The van der Waals surface area contributed by atoms with E-state index in [1.54, 1.807) is 0 Å². The number of hydrogen-bond acceptors (Lipinski definition) is 2. The Hall–Kier alpha value is -2.01. The summed E-state index contributed by atoms with van der Waals surface area (Å²) in [4.78, 5) is 12.4. The molecule has 0 fully saturated rings. The molecule has 0 spiro atoms. The van der Waals surface area contributed by atoms with E-state index in [1.165, 1.54) is 12.0 Å². The highest BCUT2D eigenvalue weighted by Gasteiger charge is 2.20. The quantitative estimate of drug-likeness (QED) is 0.461. The second kappa shape index (κ2) is 10.7. The number of carbonyl (C=O) groups is 1. The summed E-state index contributed by atoms with van der Waals surface area (Å²) < 4.78 is 5.67. The molecule has 130 valence electrons. The topological polar surface area (TPSA) is 26.3 Å². The number of rotatable bonds is 8. The fourth-order valence-electron chi connectivity index (χ4n) is 2.46. The molecule has 0 radical (unpaired) electrons. The molecule has 2 heteroatoms. The molecule has 1 aromatic rings. The van der Waals surface area contributed by atoms with E-state index >= 15 is 0 Å². The van der Waals surface area contributed by atoms with Gasteiger partial charge in [0.2, 0.25) is 0 Å². The molecular weight excluding hydrogens is 296 g/mol. The van der Waals surface area contributed by atoms with Crippen molar-refractivity contribution in [1.29, 1.82) is 0 Å². The first-order valence-electron chi connectivity index (χ1n) is 8.94. The number of benzene rings is 1. The van der Waals surface area contributed by atoms with Gasteiger partial charge in [-0.3, -0.25) is 0 Å². The van der Waals surface area contributed by atoms with Crippen molar-refractivity contribution in [2.75, 3.05) is 0 Å². The highest BCUT2D eigenvalue weighted by molar-refractivity contribution is 5.89. The van der Waals surface area contributed by atoms with Gasteiger partial charge in [0.15, 0.2) is 6.10 Å². The third-order valence-corrected chi connectivity index (χ3v) is 3.93. The number of ether oxygens (including phenoxy) is 1. The summed E-state index contributed by atoms with van der Waals surface area (Å²) in [7, 11) is 0. The Morgan fingerprint density at radius 3 is 2.42 bits per heavy atom. The summed E-state index contributed by atoms with van der Waals surface area (Å²) in [5.41, 5.74) is 2.62. The molecule has 0 heterocycles. The SMILES string of the molecule is C=C(C)C#CC(OC(=O)c1ccc(CCCC)cc1)C(C)CCC. The minimum Gasteiger partial charge on any atom is -0.445 e. The van der Waals surface area contributed by atoms with E-state index in [0.29, 0.717) is 5.56 Å². The molecule has 0 amide bonds. The van der Waals surface area contributed by atoms with E-state index in [0.717, 1.165) is 31.3 Å². The number of esters is 1. The standard InChI is InChI=1S/C22H30O2/c1-6-8-10-19-12-14-20(15-13-19)22(23)24-21(16-11-17(3)4)18(5)9-7-2/h12-15,18,21H,3,6-10H2,1-2,4-5H3. The first-order valence-corrected chi connectivity index (χ1v) is 8.94. The molecule has 1 rings (SSSR count). The Balaban J connectivity index is 2.80. The van der Waals surface area contributed by atoms with Crippen LogP contribution in [0.1, 0.15) is 69.3 Å². The van der Waals surface area contributed by atoms with Gasteiger partial charge in [-0.2, -0.15) is 0 Å². The van der Waals surface area contributed by atoms with E-state index in [9.17, 15) is 4.79 Å². The van der Waals surface area contributed by atoms with Crippen molar-refractivity contribution in [1.82, 2.24) is 0 Å². The predicted octanol–water partition coefficient (Wildman–Crippen LogP) is 5.57. The van der Waals surface area contributed by atoms with Gasteiger partial charge in [0.1, 0.15) is 0 Å². The van der Waals surface area contributed by atoms with Crippen molar-refractivity contribution < 1.29 is 9.53 Å². The number of aryl methyl sites for hydroxylation is 1. The molecule has 0 aliphatic heterocycles. The van der Waals surface area contributed by atoms with Gasteiger partial charge in [0, 0.05) is 5.92 Å². The number of carbonyl (C=O) groups excluding carboxylic acids is 1. The fourth-order valence-corrected chi connectivity index (χ4v) is 2.46. The molecule has 0 aromatic heterocycles. The van der Waals surface area contributed by atoms with Crippen LogP contribution in [0.3, 0.4) is 0 Å². The van der Waals surface area contributed by atoms with Gasteiger partial charge in [-0.05, 0) is 49.5 Å². The van der Waals surface area contributed by atoms with Crippen molar-refractivity contribution in [3.63, 3.8) is 0 Å². The van der Waals surface area contributed by atoms with Crippen LogP contribution in [-0.2, 0) is 11.2 Å². The lowest BCUT2D eigenvalue weighted by Gasteiger charge is -2.19. The highest BCUT2D eigenvalue weighted by Crippen LogP contribution is 2.16. The smallest absolute Gasteiger partial charge is 0.339 e. The van der Waals surface area contributed by atoms with Gasteiger partial charge >= 0.3 is 5.97 Å². The first kappa shape index (κ1) is 20.0. The number of unbranched alkanes of at least 4 members (excludes halogenated alkanes) is 1. The Labute approximate surface area is 147 Å². The fraction of sp³-hybridized carbons (Fsp3) is 0.500. The maximum Gasteiger partial charge on any atom is 0.339 e. The zero-order valence-corrected chi connectivity index (χ0v) is 15.5. The molecule has 0 N–H and O–H groups in total. The summed E-state index contributed by atoms with van der Waals surface area (Å²) in [5.74, 6) is 5.90. The summed E-state index contributed by atoms with van der Waals surface area (Å²) >= 11 is 0. The maximum atomic E-state index is 12.4. The van der Waals surface area contributed by atoms with Crippen LogP contribution in [0.2, 0.25) is 0 Å². The number of allylic oxidation sites excluding steroid dienone is 1. The lowest BCUT2D eigenvalue weighted by atomic mass is 9.99. The lowest BCUT2D eigenvalue weighted by molar-refractivity contribution is 0.0305. The zero-order chi connectivity index (χ0) is 17.9. The van der Waals surface area contributed by atoms with E-state index in [1.807, 2.05) is 31.2 Å². The van der Waals surface area contributed by atoms with E-state index in [-0.39, 0.29) is 11.9 Å². The molecule has 2 unspecified atom stereocenters. The van der Waals surface area contributed by atoms with Gasteiger partial charge in [-0.15, -0.1) is 0 Å². The van der Waals surface area contributed by atoms with Crippen molar-refractivity contribution in [3.05, 3.63) is 47.5 Å². The van der Waals surface area contributed by atoms with E-state index < -0.39 is 6.10 Å². The van der Waals surface area contributed by atoms with Gasteiger partial charge in [-0.25, -0.2) is 4.79 Å². The average Bonchev–Trinajstić information content (AvgIpc) is 2.57. The monoisotopic (exact) mass is 326 g/mol. The third-order valence-electron chi connectivity index (χ3n) is 3.93. The lowest BCUT2D eigenvalue weighted by Crippen LogP contribution is -2.24. The highest BCUT2D eigenvalue weighted by atomic mass is 16.5. The Morgan fingerprint density at radius 2 is 1.88 bits per heavy atom. The maximum absolute atomic E-state index is 12.4. The van der Waals surface area contributed by atoms with Crippen LogP contribution in [0.4, 0.5) is 0 Å². The van der Waals surface area contributed by atoms with E-state index in [4.69, 9.17) is 4.74 Å². The number of hydrogen-bond donors (Lipinski definition) is 0. The molecule has 0 aliphatic carbocycles. The molecule has 24 heavy (non-hydrogen) atoms. The summed E-state index contributed by atoms with van der Waals surface area (Å²) in [5, 5.41) is 0. The van der Waals surface area contributed by atoms with Crippen molar-refractivity contribution in [2.24, 2.45) is 5.92 Å². The normalized spacial score (nSPS) is 12.7. The van der Waals surface area contributed by atoms with Gasteiger partial charge in [0.25, 0.3) is 0 Å². The molecule has 2 nitrogen and oxygen atoms in total. The largest absolute Gasteiger partial charge is 0.445 e. The second-order valence-electron chi connectivity index (χ2n) is 6.44. The van der Waals surface area contributed by atoms with Gasteiger partial charge in [-0.1, -0.05) is 64.2 Å². The minimum atomic E-state index is -0.395. The predicted molar refractivity (Wildman–Crippen MR) is 101 cm³/mol. The molecule has 2 atom stereocenters. The summed E-state index contributed by atoms with van der Waals surface area (Å²) in [6.07, 6.45) is 4.99. The molecule has 0 bridgehead atoms. The Morgan fingerprint density at radius 1 is 1.21 bits per heavy atom. The van der Waals surface area contributed by atoms with Crippen molar-refractivity contribution >= 4 is 5.97 Å². The van der Waals surface area contributed by atoms with Crippen molar-refractivity contribution in [2.45, 2.75) is 65.9 Å². The Kier molecular flexibility index (Phi) is 8.94. The first-order chi connectivity index (χ1) is 11.5. The molecule has 0 aliphatic rings. The van der Waals surface area contributed by atoms with E-state index in [2.05, 4.69) is 39.2 Å². The minimum absolute atomic E-state index is 0.203. The van der Waals surface area contributed by atoms with Crippen LogP contribution in [0.15, 0.2) is 36.4 Å². The molecular formula is C22H30O2. The van der Waals surface area contributed by atoms with Crippen LogP contribution >= 0.6 is 0 Å². The summed E-state index contributed by atoms with van der Waals surface area (Å²) in [6.45, 7) is 12.0. The second-order valence-corrected chi connectivity index (χ2v) is 6.44. The molecule has 0 saturated heterocycles. The zero-order valence-electron chi connectivity index (χ0n) is 15.5. The molecule has 0 saturated carbocycles. The van der Waals surface area contributed by atoms with Crippen molar-refractivity contribution in [3.8, 4) is 11.8 Å². The average molecular weight is 326 g/mol.